The minimum Gasteiger partial charge on any atom is -0.465 e. The molecule has 2 rings (SSSR count). The van der Waals surface area contributed by atoms with Crippen LogP contribution in [-0.2, 0) is 21.6 Å². The second-order valence-corrected chi connectivity index (χ2v) is 6.36. The topological polar surface area (TPSA) is 95.3 Å². The quantitative estimate of drug-likeness (QED) is 0.829. The molecule has 134 valence electrons. The zero-order valence-corrected chi connectivity index (χ0v) is 15.0. The first-order valence-corrected chi connectivity index (χ1v) is 7.72. The van der Waals surface area contributed by atoms with Gasteiger partial charge in [-0.05, 0) is 39.0 Å². The fourth-order valence-electron chi connectivity index (χ4n) is 2.35. The van der Waals surface area contributed by atoms with Crippen molar-refractivity contribution < 1.29 is 19.1 Å². The average molecular weight is 346 g/mol. The van der Waals surface area contributed by atoms with Crippen LogP contribution in [0.3, 0.4) is 0 Å². The molecule has 0 bridgehead atoms. The lowest BCUT2D eigenvalue weighted by Crippen LogP contribution is -2.26. The Morgan fingerprint density at radius 2 is 1.76 bits per heavy atom. The normalized spacial score (nSPS) is 11.1. The van der Waals surface area contributed by atoms with Gasteiger partial charge in [0, 0.05) is 5.69 Å². The summed E-state index contributed by atoms with van der Waals surface area (Å²) in [4.78, 5) is 28.0. The van der Waals surface area contributed by atoms with Crippen LogP contribution in [0.15, 0.2) is 24.5 Å². The molecular formula is C17H22N4O4. The molecule has 8 heteroatoms. The summed E-state index contributed by atoms with van der Waals surface area (Å²) in [5.41, 5.74) is 0.741. The molecule has 0 aliphatic rings. The molecule has 25 heavy (non-hydrogen) atoms. The molecule has 0 aliphatic heterocycles. The molecule has 0 atom stereocenters. The summed E-state index contributed by atoms with van der Waals surface area (Å²) in [6.45, 7) is 6.51. The zero-order valence-electron chi connectivity index (χ0n) is 15.0. The Balaban J connectivity index is 2.25. The Labute approximate surface area is 146 Å². The molecule has 1 aromatic heterocycles. The maximum Gasteiger partial charge on any atom is 0.338 e. The molecule has 0 aliphatic carbocycles. The number of rotatable bonds is 5. The summed E-state index contributed by atoms with van der Waals surface area (Å²) >= 11 is 0. The number of esters is 2. The maximum absolute atomic E-state index is 11.9. The molecule has 0 saturated carbocycles. The van der Waals surface area contributed by atoms with Gasteiger partial charge in [0.2, 0.25) is 0 Å². The lowest BCUT2D eigenvalue weighted by atomic mass is 10.1. The largest absolute Gasteiger partial charge is 0.465 e. The third-order valence-electron chi connectivity index (χ3n) is 3.53. The standard InChI is InChI=1S/C17H22N4O4/c1-17(2,3)21-14(19-10-20-21)9-18-11-6-7-12(15(22)24-4)13(8-11)16(23)25-5/h6-8,10,18H,9H2,1-5H3. The fourth-order valence-corrected chi connectivity index (χ4v) is 2.35. The van der Waals surface area contributed by atoms with E-state index in [1.807, 2.05) is 25.5 Å². The van der Waals surface area contributed by atoms with Crippen molar-refractivity contribution in [1.29, 1.82) is 0 Å². The van der Waals surface area contributed by atoms with Crippen LogP contribution in [-0.4, -0.2) is 40.9 Å². The van der Waals surface area contributed by atoms with Crippen LogP contribution in [0.25, 0.3) is 0 Å². The lowest BCUT2D eigenvalue weighted by molar-refractivity contribution is 0.0555. The highest BCUT2D eigenvalue weighted by atomic mass is 16.5. The molecule has 0 amide bonds. The highest BCUT2D eigenvalue weighted by molar-refractivity contribution is 6.03. The molecule has 0 fully saturated rings. The number of methoxy groups -OCH3 is 2. The molecule has 0 spiro atoms. The van der Waals surface area contributed by atoms with E-state index >= 15 is 0 Å². The predicted octanol–water partition coefficient (Wildman–Crippen LogP) is 2.22. The van der Waals surface area contributed by atoms with Crippen molar-refractivity contribution >= 4 is 17.6 Å². The van der Waals surface area contributed by atoms with Gasteiger partial charge in [-0.25, -0.2) is 19.3 Å². The van der Waals surface area contributed by atoms with Gasteiger partial charge in [-0.3, -0.25) is 0 Å². The number of carbonyl (C=O) groups excluding carboxylic acids is 2. The van der Waals surface area contributed by atoms with Crippen molar-refractivity contribution in [2.75, 3.05) is 19.5 Å². The van der Waals surface area contributed by atoms with E-state index < -0.39 is 11.9 Å². The minimum atomic E-state index is -0.609. The fraction of sp³-hybridized carbons (Fsp3) is 0.412. The number of ether oxygens (including phenoxy) is 2. The van der Waals surface area contributed by atoms with E-state index in [2.05, 4.69) is 15.4 Å². The number of benzene rings is 1. The lowest BCUT2D eigenvalue weighted by Gasteiger charge is -2.21. The van der Waals surface area contributed by atoms with Gasteiger partial charge >= 0.3 is 11.9 Å². The van der Waals surface area contributed by atoms with Crippen molar-refractivity contribution in [1.82, 2.24) is 14.8 Å². The SMILES string of the molecule is COC(=O)c1ccc(NCc2ncnn2C(C)(C)C)cc1C(=O)OC. The number of hydrogen-bond acceptors (Lipinski definition) is 7. The maximum atomic E-state index is 11.9. The smallest absolute Gasteiger partial charge is 0.338 e. The summed E-state index contributed by atoms with van der Waals surface area (Å²) < 4.78 is 11.3. The predicted molar refractivity (Wildman–Crippen MR) is 91.5 cm³/mol. The van der Waals surface area contributed by atoms with E-state index in [0.29, 0.717) is 12.2 Å². The molecule has 0 radical (unpaired) electrons. The Morgan fingerprint density at radius 1 is 1.12 bits per heavy atom. The van der Waals surface area contributed by atoms with Gasteiger partial charge in [0.15, 0.2) is 0 Å². The number of anilines is 1. The molecule has 0 saturated heterocycles. The van der Waals surface area contributed by atoms with Crippen molar-refractivity contribution in [2.24, 2.45) is 0 Å². The van der Waals surface area contributed by atoms with Crippen LogP contribution in [0.5, 0.6) is 0 Å². The minimum absolute atomic E-state index is 0.136. The Bertz CT molecular complexity index is 777. The molecule has 1 heterocycles. The van der Waals surface area contributed by atoms with Crippen LogP contribution < -0.4 is 5.32 Å². The van der Waals surface area contributed by atoms with E-state index in [9.17, 15) is 9.59 Å². The van der Waals surface area contributed by atoms with Crippen LogP contribution in [0, 0.1) is 0 Å². The van der Waals surface area contributed by atoms with Crippen LogP contribution in [0.1, 0.15) is 47.3 Å². The number of carbonyl (C=O) groups is 2. The molecule has 1 N–H and O–H groups in total. The average Bonchev–Trinajstić information content (AvgIpc) is 3.07. The summed E-state index contributed by atoms with van der Waals surface area (Å²) in [7, 11) is 2.52. The highest BCUT2D eigenvalue weighted by Crippen LogP contribution is 2.20. The summed E-state index contributed by atoms with van der Waals surface area (Å²) in [6.07, 6.45) is 1.50. The molecule has 8 nitrogen and oxygen atoms in total. The first-order valence-electron chi connectivity index (χ1n) is 7.72. The second kappa shape index (κ2) is 7.33. The van der Waals surface area contributed by atoms with Gasteiger partial charge < -0.3 is 14.8 Å². The monoisotopic (exact) mass is 346 g/mol. The van der Waals surface area contributed by atoms with E-state index in [1.165, 1.54) is 26.6 Å². The third-order valence-corrected chi connectivity index (χ3v) is 3.53. The number of nitrogens with one attached hydrogen (secondary N) is 1. The van der Waals surface area contributed by atoms with Crippen molar-refractivity contribution in [3.05, 3.63) is 41.5 Å². The molecular weight excluding hydrogens is 324 g/mol. The Hall–Kier alpha value is -2.90. The van der Waals surface area contributed by atoms with Gasteiger partial charge in [0.25, 0.3) is 0 Å². The van der Waals surface area contributed by atoms with Crippen molar-refractivity contribution in [2.45, 2.75) is 32.9 Å². The van der Waals surface area contributed by atoms with Crippen molar-refractivity contribution in [3.63, 3.8) is 0 Å². The van der Waals surface area contributed by atoms with Gasteiger partial charge in [-0.2, -0.15) is 5.10 Å². The first kappa shape index (κ1) is 18.4. The van der Waals surface area contributed by atoms with Gasteiger partial charge in [0.05, 0.1) is 37.4 Å². The molecule has 0 unspecified atom stereocenters. The van der Waals surface area contributed by atoms with E-state index in [4.69, 9.17) is 9.47 Å². The highest BCUT2D eigenvalue weighted by Gasteiger charge is 2.20. The van der Waals surface area contributed by atoms with E-state index in [0.717, 1.165) is 5.82 Å². The van der Waals surface area contributed by atoms with Crippen LogP contribution in [0.4, 0.5) is 5.69 Å². The molecule has 2 aromatic rings. The Morgan fingerprint density at radius 3 is 2.36 bits per heavy atom. The van der Waals surface area contributed by atoms with E-state index in [-0.39, 0.29) is 16.7 Å². The number of hydrogen-bond donors (Lipinski definition) is 1. The van der Waals surface area contributed by atoms with Crippen LogP contribution in [0.2, 0.25) is 0 Å². The summed E-state index contributed by atoms with van der Waals surface area (Å²) in [5.74, 6) is -0.453. The summed E-state index contributed by atoms with van der Waals surface area (Å²) in [6, 6.07) is 4.77. The first-order chi connectivity index (χ1) is 11.8. The number of aromatic nitrogens is 3. The van der Waals surface area contributed by atoms with Gasteiger partial charge in [-0.1, -0.05) is 0 Å². The van der Waals surface area contributed by atoms with E-state index in [1.54, 1.807) is 12.1 Å². The van der Waals surface area contributed by atoms with Gasteiger partial charge in [-0.15, -0.1) is 0 Å². The van der Waals surface area contributed by atoms with Gasteiger partial charge in [0.1, 0.15) is 12.2 Å². The third kappa shape index (κ3) is 4.14. The molecule has 1 aromatic carbocycles. The Kier molecular flexibility index (Phi) is 5.41. The van der Waals surface area contributed by atoms with Crippen LogP contribution >= 0.6 is 0 Å². The van der Waals surface area contributed by atoms with Crippen molar-refractivity contribution in [3.8, 4) is 0 Å². The summed E-state index contributed by atoms with van der Waals surface area (Å²) in [5, 5.41) is 7.42. The second-order valence-electron chi connectivity index (χ2n) is 6.36. The zero-order chi connectivity index (χ0) is 18.6. The number of nitrogens with zero attached hydrogens (tertiary/aromatic N) is 3.